The van der Waals surface area contributed by atoms with E-state index in [1.807, 2.05) is 0 Å². The summed E-state index contributed by atoms with van der Waals surface area (Å²) in [6.45, 7) is 12.1. The molecule has 4 heteroatoms. The molecule has 0 saturated heterocycles. The molecule has 4 rings (SSSR count). The number of rotatable bonds is 3. The van der Waals surface area contributed by atoms with Crippen LogP contribution in [0.25, 0.3) is 0 Å². The van der Waals surface area contributed by atoms with E-state index in [2.05, 4.69) is 57.0 Å². The third-order valence-corrected chi connectivity index (χ3v) is 6.41. The summed E-state index contributed by atoms with van der Waals surface area (Å²) in [5.74, 6) is 2.78. The van der Waals surface area contributed by atoms with E-state index in [-0.39, 0.29) is 0 Å². The Morgan fingerprint density at radius 2 is 1.63 bits per heavy atom. The number of hydrogen-bond acceptors (Lipinski definition) is 4. The van der Waals surface area contributed by atoms with Gasteiger partial charge in [0, 0.05) is 29.5 Å². The Morgan fingerprint density at radius 1 is 0.963 bits per heavy atom. The van der Waals surface area contributed by atoms with Gasteiger partial charge in [0.1, 0.15) is 5.82 Å². The van der Waals surface area contributed by atoms with Gasteiger partial charge in [0.25, 0.3) is 0 Å². The summed E-state index contributed by atoms with van der Waals surface area (Å²) < 4.78 is 0. The Morgan fingerprint density at radius 3 is 2.30 bits per heavy atom. The molecule has 0 atom stereocenters. The zero-order chi connectivity index (χ0) is 19.1. The fraction of sp³-hybridized carbons (Fsp3) is 0.565. The predicted octanol–water partition coefficient (Wildman–Crippen LogP) is 5.40. The summed E-state index contributed by atoms with van der Waals surface area (Å²) in [7, 11) is 0. The molecule has 1 fully saturated rings. The van der Waals surface area contributed by atoms with Gasteiger partial charge in [-0.15, -0.1) is 0 Å². The van der Waals surface area contributed by atoms with E-state index in [9.17, 15) is 0 Å². The summed E-state index contributed by atoms with van der Waals surface area (Å²) in [5.41, 5.74) is 7.38. The second-order valence-corrected chi connectivity index (χ2v) is 8.69. The molecule has 1 aromatic carbocycles. The maximum Gasteiger partial charge on any atom is 0.229 e. The molecule has 2 aliphatic rings. The van der Waals surface area contributed by atoms with Crippen molar-refractivity contribution in [2.24, 2.45) is 5.92 Å². The standard InChI is InChI=1S/C23H32N4/c1-14-6-8-19(9-7-14)27-11-10-20-18(5)24-23(26-22(20)27)25-21-16(3)12-15(2)13-17(21)4/h12-14,19H,6-11H2,1-5H3,(H,24,25,26). The third-order valence-electron chi connectivity index (χ3n) is 6.41. The van der Waals surface area contributed by atoms with Gasteiger partial charge in [-0.05, 0) is 76.8 Å². The van der Waals surface area contributed by atoms with Crippen LogP contribution in [0.15, 0.2) is 12.1 Å². The molecule has 27 heavy (non-hydrogen) atoms. The number of hydrogen-bond donors (Lipinski definition) is 1. The van der Waals surface area contributed by atoms with Crippen LogP contribution in [0, 0.1) is 33.6 Å². The van der Waals surface area contributed by atoms with Crippen LogP contribution in [0.2, 0.25) is 0 Å². The SMILES string of the molecule is Cc1cc(C)c(Nc2nc(C)c3c(n2)N(C2CCC(C)CC2)CC3)c(C)c1. The number of fused-ring (bicyclic) bond motifs is 1. The smallest absolute Gasteiger partial charge is 0.229 e. The number of aryl methyl sites for hydroxylation is 4. The molecular weight excluding hydrogens is 332 g/mol. The normalized spacial score (nSPS) is 22.0. The molecule has 2 heterocycles. The second-order valence-electron chi connectivity index (χ2n) is 8.69. The van der Waals surface area contributed by atoms with Crippen molar-refractivity contribution in [2.45, 2.75) is 72.8 Å². The molecule has 2 aromatic rings. The Hall–Kier alpha value is -2.10. The van der Waals surface area contributed by atoms with Crippen LogP contribution in [0.3, 0.4) is 0 Å². The van der Waals surface area contributed by atoms with Crippen molar-refractivity contribution in [2.75, 3.05) is 16.8 Å². The average molecular weight is 365 g/mol. The van der Waals surface area contributed by atoms with Gasteiger partial charge in [0.05, 0.1) is 0 Å². The maximum atomic E-state index is 4.99. The first-order chi connectivity index (χ1) is 12.9. The van der Waals surface area contributed by atoms with E-state index in [1.165, 1.54) is 53.8 Å². The van der Waals surface area contributed by atoms with Crippen LogP contribution >= 0.6 is 0 Å². The molecule has 1 aliphatic heterocycles. The minimum absolute atomic E-state index is 0.646. The van der Waals surface area contributed by atoms with Crippen molar-refractivity contribution >= 4 is 17.5 Å². The predicted molar refractivity (Wildman–Crippen MR) is 113 cm³/mol. The summed E-state index contributed by atoms with van der Waals surface area (Å²) in [6.07, 6.45) is 6.35. The van der Waals surface area contributed by atoms with Gasteiger partial charge >= 0.3 is 0 Å². The molecule has 1 aromatic heterocycles. The minimum Gasteiger partial charge on any atom is -0.353 e. The zero-order valence-electron chi connectivity index (χ0n) is 17.4. The quantitative estimate of drug-likeness (QED) is 0.792. The molecule has 0 radical (unpaired) electrons. The first kappa shape index (κ1) is 18.3. The highest BCUT2D eigenvalue weighted by molar-refractivity contribution is 5.66. The van der Waals surface area contributed by atoms with Crippen LogP contribution in [0.1, 0.15) is 60.6 Å². The van der Waals surface area contributed by atoms with Crippen LogP contribution < -0.4 is 10.2 Å². The first-order valence-electron chi connectivity index (χ1n) is 10.4. The lowest BCUT2D eigenvalue weighted by Crippen LogP contribution is -2.37. The van der Waals surface area contributed by atoms with Crippen LogP contribution in [-0.4, -0.2) is 22.6 Å². The van der Waals surface area contributed by atoms with Crippen molar-refractivity contribution in [1.29, 1.82) is 0 Å². The molecule has 1 aliphatic carbocycles. The van der Waals surface area contributed by atoms with Crippen molar-refractivity contribution in [3.63, 3.8) is 0 Å². The number of nitrogens with one attached hydrogen (secondary N) is 1. The van der Waals surface area contributed by atoms with Crippen molar-refractivity contribution < 1.29 is 0 Å². The molecule has 0 bridgehead atoms. The Balaban J connectivity index is 1.64. The van der Waals surface area contributed by atoms with E-state index in [1.54, 1.807) is 0 Å². The maximum absolute atomic E-state index is 4.99. The van der Waals surface area contributed by atoms with E-state index in [0.717, 1.165) is 36.2 Å². The second kappa shape index (κ2) is 7.14. The van der Waals surface area contributed by atoms with Gasteiger partial charge in [-0.3, -0.25) is 0 Å². The Labute approximate surface area is 163 Å². The molecule has 0 spiro atoms. The Kier molecular flexibility index (Phi) is 4.83. The fourth-order valence-corrected chi connectivity index (χ4v) is 4.90. The average Bonchev–Trinajstić information content (AvgIpc) is 3.03. The van der Waals surface area contributed by atoms with Crippen molar-refractivity contribution in [3.05, 3.63) is 40.1 Å². The van der Waals surface area contributed by atoms with Gasteiger partial charge in [-0.2, -0.15) is 4.98 Å². The lowest BCUT2D eigenvalue weighted by atomic mass is 9.87. The molecule has 1 N–H and O–H groups in total. The van der Waals surface area contributed by atoms with Crippen LogP contribution in [0.5, 0.6) is 0 Å². The topological polar surface area (TPSA) is 41.1 Å². The lowest BCUT2D eigenvalue weighted by molar-refractivity contribution is 0.336. The van der Waals surface area contributed by atoms with Crippen LogP contribution in [-0.2, 0) is 6.42 Å². The van der Waals surface area contributed by atoms with Crippen molar-refractivity contribution in [3.8, 4) is 0 Å². The molecule has 0 unspecified atom stereocenters. The summed E-state index contributed by atoms with van der Waals surface area (Å²) in [6, 6.07) is 5.07. The number of aromatic nitrogens is 2. The van der Waals surface area contributed by atoms with E-state index < -0.39 is 0 Å². The number of anilines is 3. The van der Waals surface area contributed by atoms with Gasteiger partial charge in [-0.1, -0.05) is 24.6 Å². The zero-order valence-corrected chi connectivity index (χ0v) is 17.4. The first-order valence-corrected chi connectivity index (χ1v) is 10.4. The minimum atomic E-state index is 0.646. The highest BCUT2D eigenvalue weighted by Gasteiger charge is 2.31. The fourth-order valence-electron chi connectivity index (χ4n) is 4.90. The molecule has 1 saturated carbocycles. The summed E-state index contributed by atoms with van der Waals surface area (Å²) >= 11 is 0. The molecule has 4 nitrogen and oxygen atoms in total. The van der Waals surface area contributed by atoms with E-state index in [4.69, 9.17) is 9.97 Å². The highest BCUT2D eigenvalue weighted by Crippen LogP contribution is 2.36. The molecule has 144 valence electrons. The number of nitrogens with zero attached hydrogens (tertiary/aromatic N) is 3. The van der Waals surface area contributed by atoms with Gasteiger partial charge in [0.15, 0.2) is 0 Å². The number of benzene rings is 1. The van der Waals surface area contributed by atoms with Gasteiger partial charge < -0.3 is 10.2 Å². The highest BCUT2D eigenvalue weighted by atomic mass is 15.3. The third kappa shape index (κ3) is 3.54. The summed E-state index contributed by atoms with van der Waals surface area (Å²) in [5, 5.41) is 3.52. The van der Waals surface area contributed by atoms with Gasteiger partial charge in [-0.25, -0.2) is 4.98 Å². The summed E-state index contributed by atoms with van der Waals surface area (Å²) in [4.78, 5) is 12.3. The Bertz CT molecular complexity index is 827. The van der Waals surface area contributed by atoms with Gasteiger partial charge in [0.2, 0.25) is 5.95 Å². The monoisotopic (exact) mass is 364 g/mol. The van der Waals surface area contributed by atoms with E-state index in [0.29, 0.717) is 6.04 Å². The van der Waals surface area contributed by atoms with E-state index >= 15 is 0 Å². The molecule has 0 amide bonds. The lowest BCUT2D eigenvalue weighted by Gasteiger charge is -2.34. The van der Waals surface area contributed by atoms with Crippen LogP contribution in [0.4, 0.5) is 17.5 Å². The molecular formula is C23H32N4. The van der Waals surface area contributed by atoms with Crippen molar-refractivity contribution in [1.82, 2.24) is 9.97 Å². The largest absolute Gasteiger partial charge is 0.353 e.